The van der Waals surface area contributed by atoms with Gasteiger partial charge in [0.05, 0.1) is 10.0 Å². The summed E-state index contributed by atoms with van der Waals surface area (Å²) in [5, 5.41) is 10.6. The highest BCUT2D eigenvalue weighted by molar-refractivity contribution is 9.09. The molecule has 4 heteroatoms. The summed E-state index contributed by atoms with van der Waals surface area (Å²) in [6, 6.07) is 3.19. The third-order valence-corrected chi connectivity index (χ3v) is 3.67. The zero-order valence-electron chi connectivity index (χ0n) is 8.60. The second kappa shape index (κ2) is 5.42. The van der Waals surface area contributed by atoms with E-state index in [1.54, 1.807) is 6.07 Å². The molecule has 15 heavy (non-hydrogen) atoms. The van der Waals surface area contributed by atoms with Crippen LogP contribution in [0.25, 0.3) is 0 Å². The summed E-state index contributed by atoms with van der Waals surface area (Å²) in [7, 11) is 0. The number of aromatic hydroxyl groups is 1. The van der Waals surface area contributed by atoms with Crippen molar-refractivity contribution >= 4 is 39.1 Å². The molecule has 0 fully saturated rings. The van der Waals surface area contributed by atoms with Crippen LogP contribution in [-0.2, 0) is 0 Å². The molecule has 0 aliphatic carbocycles. The number of phenolic OH excluding ortho intramolecular Hbond substituents is 1. The minimum absolute atomic E-state index is 0.104. The molecule has 1 nitrogen and oxygen atoms in total. The van der Waals surface area contributed by atoms with Crippen LogP contribution in [-0.4, -0.2) is 5.11 Å². The van der Waals surface area contributed by atoms with Crippen LogP contribution in [0.15, 0.2) is 12.1 Å². The van der Waals surface area contributed by atoms with Crippen LogP contribution >= 0.6 is 39.1 Å². The third-order valence-electron chi connectivity index (χ3n) is 2.09. The summed E-state index contributed by atoms with van der Waals surface area (Å²) in [5.74, 6) is 0.732. The van der Waals surface area contributed by atoms with E-state index in [0.717, 1.165) is 12.0 Å². The summed E-state index contributed by atoms with van der Waals surface area (Å²) >= 11 is 15.2. The van der Waals surface area contributed by atoms with Gasteiger partial charge in [0.2, 0.25) is 0 Å². The molecule has 0 bridgehead atoms. The molecule has 0 aliphatic heterocycles. The minimum atomic E-state index is 0.104. The van der Waals surface area contributed by atoms with E-state index in [1.807, 2.05) is 0 Å². The molecule has 1 unspecified atom stereocenters. The number of hydrogen-bond donors (Lipinski definition) is 1. The number of hydrogen-bond acceptors (Lipinski definition) is 1. The van der Waals surface area contributed by atoms with Gasteiger partial charge in [0.15, 0.2) is 0 Å². The average molecular weight is 312 g/mol. The summed E-state index contributed by atoms with van der Waals surface area (Å²) in [4.78, 5) is 0.104. The maximum absolute atomic E-state index is 9.73. The molecule has 84 valence electrons. The van der Waals surface area contributed by atoms with Crippen molar-refractivity contribution in [2.24, 2.45) is 5.92 Å². The number of halogens is 3. The van der Waals surface area contributed by atoms with E-state index in [2.05, 4.69) is 29.8 Å². The van der Waals surface area contributed by atoms with Crippen molar-refractivity contribution in [1.29, 1.82) is 0 Å². The number of rotatable bonds is 3. The van der Waals surface area contributed by atoms with E-state index in [4.69, 9.17) is 23.2 Å². The molecule has 0 saturated carbocycles. The Hall–Kier alpha value is 0.0800. The van der Waals surface area contributed by atoms with Crippen LogP contribution in [0.3, 0.4) is 0 Å². The molecule has 1 rings (SSSR count). The van der Waals surface area contributed by atoms with Crippen LogP contribution in [0.2, 0.25) is 10.0 Å². The highest BCUT2D eigenvalue weighted by Gasteiger charge is 2.15. The first-order chi connectivity index (χ1) is 6.91. The Morgan fingerprint density at radius 3 is 2.33 bits per heavy atom. The zero-order chi connectivity index (χ0) is 11.6. The van der Waals surface area contributed by atoms with Crippen molar-refractivity contribution in [2.45, 2.75) is 25.1 Å². The lowest BCUT2D eigenvalue weighted by Gasteiger charge is -2.15. The van der Waals surface area contributed by atoms with Crippen LogP contribution in [0.4, 0.5) is 0 Å². The highest BCUT2D eigenvalue weighted by Crippen LogP contribution is 2.39. The van der Waals surface area contributed by atoms with Crippen molar-refractivity contribution in [3.63, 3.8) is 0 Å². The van der Waals surface area contributed by atoms with Gasteiger partial charge in [0.1, 0.15) is 5.75 Å². The summed E-state index contributed by atoms with van der Waals surface area (Å²) in [6.45, 7) is 4.26. The molecule has 1 N–H and O–H groups in total. The van der Waals surface area contributed by atoms with E-state index < -0.39 is 0 Å². The molecule has 1 aromatic rings. The van der Waals surface area contributed by atoms with Crippen molar-refractivity contribution in [2.75, 3.05) is 0 Å². The molecular formula is C11H13BrCl2O. The fraction of sp³-hybridized carbons (Fsp3) is 0.455. The normalized spacial score (nSPS) is 13.2. The van der Waals surface area contributed by atoms with E-state index >= 15 is 0 Å². The van der Waals surface area contributed by atoms with Gasteiger partial charge in [-0.15, -0.1) is 0 Å². The smallest absolute Gasteiger partial charge is 0.121 e. The van der Waals surface area contributed by atoms with Gasteiger partial charge in [0, 0.05) is 16.5 Å². The first kappa shape index (κ1) is 13.1. The van der Waals surface area contributed by atoms with E-state index in [9.17, 15) is 5.11 Å². The molecule has 0 spiro atoms. The van der Waals surface area contributed by atoms with Crippen molar-refractivity contribution in [3.8, 4) is 5.75 Å². The Morgan fingerprint density at radius 1 is 1.27 bits per heavy atom. The zero-order valence-corrected chi connectivity index (χ0v) is 11.7. The molecule has 0 radical (unpaired) electrons. The number of benzene rings is 1. The maximum atomic E-state index is 9.73. The van der Waals surface area contributed by atoms with Crippen molar-refractivity contribution in [1.82, 2.24) is 0 Å². The Bertz CT molecular complexity index is 353. The Labute approximate surface area is 109 Å². The van der Waals surface area contributed by atoms with Crippen LogP contribution in [0.5, 0.6) is 5.75 Å². The standard InChI is InChI=1S/C11H13BrCl2O/c1-6(2)3-8(12)7-4-9(13)10(14)5-11(7)15/h4-6,8,15H,3H2,1-2H3. The van der Waals surface area contributed by atoms with Gasteiger partial charge in [-0.25, -0.2) is 0 Å². The summed E-state index contributed by atoms with van der Waals surface area (Å²) in [6.07, 6.45) is 0.936. The Morgan fingerprint density at radius 2 is 1.80 bits per heavy atom. The Kier molecular flexibility index (Phi) is 4.75. The van der Waals surface area contributed by atoms with Gasteiger partial charge in [-0.3, -0.25) is 0 Å². The van der Waals surface area contributed by atoms with Crippen LogP contribution in [0.1, 0.15) is 30.7 Å². The van der Waals surface area contributed by atoms with Gasteiger partial charge >= 0.3 is 0 Å². The van der Waals surface area contributed by atoms with Gasteiger partial charge in [-0.05, 0) is 18.4 Å². The molecule has 0 heterocycles. The van der Waals surface area contributed by atoms with Crippen molar-refractivity contribution < 1.29 is 5.11 Å². The first-order valence-electron chi connectivity index (χ1n) is 4.73. The first-order valence-corrected chi connectivity index (χ1v) is 6.41. The summed E-state index contributed by atoms with van der Waals surface area (Å²) in [5.41, 5.74) is 0.790. The predicted molar refractivity (Wildman–Crippen MR) is 69.2 cm³/mol. The maximum Gasteiger partial charge on any atom is 0.121 e. The molecule has 0 saturated heterocycles. The van der Waals surface area contributed by atoms with E-state index in [-0.39, 0.29) is 10.6 Å². The van der Waals surface area contributed by atoms with E-state index in [0.29, 0.717) is 16.0 Å². The lowest BCUT2D eigenvalue weighted by molar-refractivity contribution is 0.463. The van der Waals surface area contributed by atoms with Gasteiger partial charge in [0.25, 0.3) is 0 Å². The van der Waals surface area contributed by atoms with Gasteiger partial charge in [-0.1, -0.05) is 53.0 Å². The molecule has 0 amide bonds. The van der Waals surface area contributed by atoms with E-state index in [1.165, 1.54) is 6.07 Å². The summed E-state index contributed by atoms with van der Waals surface area (Å²) < 4.78 is 0. The lowest BCUT2D eigenvalue weighted by Crippen LogP contribution is -1.96. The Balaban J connectivity index is 2.98. The second-order valence-electron chi connectivity index (χ2n) is 3.92. The molecule has 0 aliphatic rings. The van der Waals surface area contributed by atoms with Crippen molar-refractivity contribution in [3.05, 3.63) is 27.7 Å². The molecule has 1 atom stereocenters. The predicted octanol–water partition coefficient (Wildman–Crippen LogP) is 5.18. The fourth-order valence-corrected chi connectivity index (χ4v) is 2.79. The number of phenols is 1. The third kappa shape index (κ3) is 3.54. The monoisotopic (exact) mass is 310 g/mol. The molecule has 1 aromatic carbocycles. The minimum Gasteiger partial charge on any atom is -0.508 e. The molecule has 0 aromatic heterocycles. The average Bonchev–Trinajstić information content (AvgIpc) is 2.09. The highest BCUT2D eigenvalue weighted by atomic mass is 79.9. The topological polar surface area (TPSA) is 20.2 Å². The van der Waals surface area contributed by atoms with Gasteiger partial charge in [-0.2, -0.15) is 0 Å². The van der Waals surface area contributed by atoms with Crippen LogP contribution < -0.4 is 0 Å². The van der Waals surface area contributed by atoms with Gasteiger partial charge < -0.3 is 5.11 Å². The quantitative estimate of drug-likeness (QED) is 0.762. The lowest BCUT2D eigenvalue weighted by atomic mass is 10.0. The number of alkyl halides is 1. The largest absolute Gasteiger partial charge is 0.508 e. The fourth-order valence-electron chi connectivity index (χ4n) is 1.34. The van der Waals surface area contributed by atoms with Crippen LogP contribution in [0, 0.1) is 5.92 Å². The SMILES string of the molecule is CC(C)CC(Br)c1cc(Cl)c(Cl)cc1O. The molecular weight excluding hydrogens is 299 g/mol. The second-order valence-corrected chi connectivity index (χ2v) is 5.84.